The summed E-state index contributed by atoms with van der Waals surface area (Å²) in [6, 6.07) is 6.14. The highest BCUT2D eigenvalue weighted by Crippen LogP contribution is 2.28. The van der Waals surface area contributed by atoms with Gasteiger partial charge in [-0.2, -0.15) is 4.98 Å². The molecule has 0 saturated carbocycles. The molecule has 1 aromatic carbocycles. The van der Waals surface area contributed by atoms with Crippen LogP contribution in [0.3, 0.4) is 0 Å². The van der Waals surface area contributed by atoms with Crippen LogP contribution in [0.4, 0.5) is 5.82 Å². The summed E-state index contributed by atoms with van der Waals surface area (Å²) in [6.45, 7) is 10.8. The van der Waals surface area contributed by atoms with Gasteiger partial charge in [-0.25, -0.2) is 4.98 Å². The van der Waals surface area contributed by atoms with Gasteiger partial charge in [0, 0.05) is 6.54 Å². The number of nitrogens with one attached hydrogen (secondary N) is 1. The summed E-state index contributed by atoms with van der Waals surface area (Å²) >= 11 is 0. The summed E-state index contributed by atoms with van der Waals surface area (Å²) in [7, 11) is 0. The average Bonchev–Trinajstić information content (AvgIpc) is 2.34. The van der Waals surface area contributed by atoms with Crippen LogP contribution in [-0.2, 0) is 0 Å². The molecule has 2 aromatic rings. The fraction of sp³-hybridized carbons (Fsp3) is 0.375. The molecule has 0 aliphatic rings. The number of benzene rings is 1. The Bertz CT molecular complexity index is 603. The van der Waals surface area contributed by atoms with Crippen molar-refractivity contribution in [3.63, 3.8) is 0 Å². The molecule has 0 radical (unpaired) electrons. The molecule has 0 atom stereocenters. The minimum absolute atomic E-state index is 0.610. The average molecular weight is 271 g/mol. The third-order valence-corrected chi connectivity index (χ3v) is 2.97. The fourth-order valence-electron chi connectivity index (χ4n) is 2.15. The van der Waals surface area contributed by atoms with Gasteiger partial charge in [0.1, 0.15) is 17.4 Å². The lowest BCUT2D eigenvalue weighted by atomic mass is 10.1. The Hall–Kier alpha value is -2.10. The van der Waals surface area contributed by atoms with E-state index in [9.17, 15) is 0 Å². The van der Waals surface area contributed by atoms with Gasteiger partial charge < -0.3 is 10.1 Å². The molecule has 0 saturated heterocycles. The number of anilines is 1. The molecule has 4 heteroatoms. The molecule has 0 aliphatic carbocycles. The molecule has 20 heavy (non-hydrogen) atoms. The smallest absolute Gasteiger partial charge is 0.227 e. The van der Waals surface area contributed by atoms with Crippen molar-refractivity contribution in [3.05, 3.63) is 40.7 Å². The maximum atomic E-state index is 5.95. The largest absolute Gasteiger partial charge is 0.439 e. The molecule has 4 nitrogen and oxygen atoms in total. The minimum Gasteiger partial charge on any atom is -0.439 e. The summed E-state index contributed by atoms with van der Waals surface area (Å²) in [5.41, 5.74) is 3.28. The van der Waals surface area contributed by atoms with Gasteiger partial charge in [-0.05, 0) is 57.9 Å². The summed E-state index contributed by atoms with van der Waals surface area (Å²) < 4.78 is 5.95. The molecular weight excluding hydrogens is 250 g/mol. The number of hydrogen-bond acceptors (Lipinski definition) is 4. The summed E-state index contributed by atoms with van der Waals surface area (Å²) in [5.74, 6) is 2.95. The minimum atomic E-state index is 0.610. The Morgan fingerprint density at radius 1 is 1.00 bits per heavy atom. The zero-order chi connectivity index (χ0) is 14.7. The molecule has 0 aliphatic heterocycles. The lowest BCUT2D eigenvalue weighted by Gasteiger charge is -2.13. The quantitative estimate of drug-likeness (QED) is 0.915. The van der Waals surface area contributed by atoms with Crippen LogP contribution in [-0.4, -0.2) is 16.5 Å². The molecule has 0 fully saturated rings. The van der Waals surface area contributed by atoms with Crippen LogP contribution in [0.1, 0.15) is 29.4 Å². The zero-order valence-corrected chi connectivity index (χ0v) is 12.7. The fourth-order valence-corrected chi connectivity index (χ4v) is 2.15. The molecule has 0 spiro atoms. The topological polar surface area (TPSA) is 47.0 Å². The van der Waals surface area contributed by atoms with Crippen LogP contribution in [0.2, 0.25) is 0 Å². The van der Waals surface area contributed by atoms with Crippen LogP contribution in [0.5, 0.6) is 11.6 Å². The molecule has 1 aromatic heterocycles. The van der Waals surface area contributed by atoms with Crippen molar-refractivity contribution in [3.8, 4) is 11.6 Å². The second-order valence-corrected chi connectivity index (χ2v) is 5.01. The number of hydrogen-bond donors (Lipinski definition) is 1. The first kappa shape index (κ1) is 14.3. The Labute approximate surface area is 120 Å². The van der Waals surface area contributed by atoms with Gasteiger partial charge in [0.15, 0.2) is 0 Å². The number of aryl methyl sites for hydroxylation is 3. The number of aromatic nitrogens is 2. The van der Waals surface area contributed by atoms with E-state index in [-0.39, 0.29) is 0 Å². The standard InChI is InChI=1S/C16H21N3O/c1-6-17-15-12(4)16(19-13(5)18-15)20-14-8-10(2)7-11(3)9-14/h7-9H,6H2,1-5H3,(H,17,18,19). The van der Waals surface area contributed by atoms with E-state index in [0.29, 0.717) is 11.7 Å². The highest BCUT2D eigenvalue weighted by molar-refractivity contribution is 5.49. The molecule has 1 N–H and O–H groups in total. The van der Waals surface area contributed by atoms with Gasteiger partial charge in [0.25, 0.3) is 0 Å². The Morgan fingerprint density at radius 3 is 2.25 bits per heavy atom. The normalized spacial score (nSPS) is 10.4. The lowest BCUT2D eigenvalue weighted by molar-refractivity contribution is 0.455. The first-order valence-electron chi connectivity index (χ1n) is 6.85. The Balaban J connectivity index is 2.37. The Morgan fingerprint density at radius 2 is 1.65 bits per heavy atom. The van der Waals surface area contributed by atoms with E-state index in [4.69, 9.17) is 4.74 Å². The highest BCUT2D eigenvalue weighted by Gasteiger charge is 2.11. The SMILES string of the molecule is CCNc1nc(C)nc(Oc2cc(C)cc(C)c2)c1C. The predicted octanol–water partition coefficient (Wildman–Crippen LogP) is 3.93. The molecule has 0 unspecified atom stereocenters. The van der Waals surface area contributed by atoms with E-state index >= 15 is 0 Å². The van der Waals surface area contributed by atoms with Gasteiger partial charge in [0.05, 0.1) is 5.56 Å². The second-order valence-electron chi connectivity index (χ2n) is 5.01. The van der Waals surface area contributed by atoms with Crippen LogP contribution in [0.25, 0.3) is 0 Å². The molecular formula is C16H21N3O. The van der Waals surface area contributed by atoms with E-state index in [1.54, 1.807) is 0 Å². The van der Waals surface area contributed by atoms with Crippen LogP contribution >= 0.6 is 0 Å². The number of rotatable bonds is 4. The van der Waals surface area contributed by atoms with E-state index in [1.807, 2.05) is 32.9 Å². The zero-order valence-electron chi connectivity index (χ0n) is 12.7. The Kier molecular flexibility index (Phi) is 4.23. The van der Waals surface area contributed by atoms with Gasteiger partial charge in [-0.15, -0.1) is 0 Å². The molecule has 1 heterocycles. The maximum Gasteiger partial charge on any atom is 0.227 e. The molecule has 0 amide bonds. The van der Waals surface area contributed by atoms with Crippen molar-refractivity contribution in [1.82, 2.24) is 9.97 Å². The third-order valence-electron chi connectivity index (χ3n) is 2.97. The highest BCUT2D eigenvalue weighted by atomic mass is 16.5. The van der Waals surface area contributed by atoms with E-state index in [0.717, 1.165) is 23.7 Å². The van der Waals surface area contributed by atoms with Crippen LogP contribution in [0, 0.1) is 27.7 Å². The summed E-state index contributed by atoms with van der Waals surface area (Å²) in [6.07, 6.45) is 0. The van der Waals surface area contributed by atoms with Crippen LogP contribution in [0.15, 0.2) is 18.2 Å². The molecule has 0 bridgehead atoms. The molecule has 106 valence electrons. The molecule has 2 rings (SSSR count). The van der Waals surface area contributed by atoms with Gasteiger partial charge in [-0.1, -0.05) is 6.07 Å². The predicted molar refractivity (Wildman–Crippen MR) is 81.7 cm³/mol. The first-order chi connectivity index (χ1) is 9.49. The van der Waals surface area contributed by atoms with E-state index < -0.39 is 0 Å². The number of ether oxygens (including phenoxy) is 1. The summed E-state index contributed by atoms with van der Waals surface area (Å²) in [5, 5.41) is 3.23. The second kappa shape index (κ2) is 5.90. The maximum absolute atomic E-state index is 5.95. The van der Waals surface area contributed by atoms with Gasteiger partial charge >= 0.3 is 0 Å². The van der Waals surface area contributed by atoms with Crippen molar-refractivity contribution in [2.75, 3.05) is 11.9 Å². The lowest BCUT2D eigenvalue weighted by Crippen LogP contribution is -2.06. The van der Waals surface area contributed by atoms with Crippen molar-refractivity contribution in [1.29, 1.82) is 0 Å². The van der Waals surface area contributed by atoms with E-state index in [1.165, 1.54) is 11.1 Å². The third kappa shape index (κ3) is 3.26. The van der Waals surface area contributed by atoms with Crippen molar-refractivity contribution >= 4 is 5.82 Å². The number of nitrogens with zero attached hydrogens (tertiary/aromatic N) is 2. The van der Waals surface area contributed by atoms with Crippen molar-refractivity contribution in [2.24, 2.45) is 0 Å². The monoisotopic (exact) mass is 271 g/mol. The van der Waals surface area contributed by atoms with Crippen LogP contribution < -0.4 is 10.1 Å². The van der Waals surface area contributed by atoms with Gasteiger partial charge in [0.2, 0.25) is 5.88 Å². The first-order valence-corrected chi connectivity index (χ1v) is 6.85. The van der Waals surface area contributed by atoms with Crippen molar-refractivity contribution < 1.29 is 4.74 Å². The summed E-state index contributed by atoms with van der Waals surface area (Å²) in [4.78, 5) is 8.79. The van der Waals surface area contributed by atoms with E-state index in [2.05, 4.69) is 35.2 Å². The van der Waals surface area contributed by atoms with Gasteiger partial charge in [-0.3, -0.25) is 0 Å². The van der Waals surface area contributed by atoms with Crippen molar-refractivity contribution in [2.45, 2.75) is 34.6 Å².